The van der Waals surface area contributed by atoms with Crippen LogP contribution in [-0.2, 0) is 0 Å². The second-order valence-corrected chi connectivity index (χ2v) is 3.85. The molecule has 1 aromatic rings. The summed E-state index contributed by atoms with van der Waals surface area (Å²) in [7, 11) is 0. The highest BCUT2D eigenvalue weighted by Crippen LogP contribution is 2.23. The number of rotatable bonds is 1. The number of nitrogens with two attached hydrogens (primary N) is 2. The van der Waals surface area contributed by atoms with E-state index in [9.17, 15) is 4.39 Å². The Balaban J connectivity index is 3.21. The molecule has 4 heteroatoms. The van der Waals surface area contributed by atoms with E-state index in [0.717, 1.165) is 5.56 Å². The monoisotopic (exact) mass is 280 g/mol. The first-order valence-corrected chi connectivity index (χ1v) is 4.60. The number of halogens is 2. The van der Waals surface area contributed by atoms with E-state index in [1.807, 2.05) is 22.6 Å². The van der Waals surface area contributed by atoms with Crippen LogP contribution in [0.25, 0.3) is 0 Å². The number of hydrogen-bond acceptors (Lipinski definition) is 2. The molecule has 0 saturated heterocycles. The van der Waals surface area contributed by atoms with Gasteiger partial charge in [-0.15, -0.1) is 0 Å². The minimum absolute atomic E-state index is 0.159. The SMILES string of the molecule is C[C@@H](N)c1cc(F)c(N)c(I)c1. The van der Waals surface area contributed by atoms with Crippen molar-refractivity contribution in [2.45, 2.75) is 13.0 Å². The zero-order valence-corrected chi connectivity index (χ0v) is 8.80. The maximum absolute atomic E-state index is 13.0. The number of hydrogen-bond donors (Lipinski definition) is 2. The van der Waals surface area contributed by atoms with Crippen molar-refractivity contribution in [1.82, 2.24) is 0 Å². The summed E-state index contributed by atoms with van der Waals surface area (Å²) in [6.45, 7) is 1.81. The van der Waals surface area contributed by atoms with E-state index in [1.54, 1.807) is 13.0 Å². The van der Waals surface area contributed by atoms with E-state index in [0.29, 0.717) is 3.57 Å². The van der Waals surface area contributed by atoms with Gasteiger partial charge >= 0.3 is 0 Å². The van der Waals surface area contributed by atoms with Crippen LogP contribution >= 0.6 is 22.6 Å². The zero-order chi connectivity index (χ0) is 9.30. The molecule has 0 radical (unpaired) electrons. The van der Waals surface area contributed by atoms with Gasteiger partial charge in [-0.3, -0.25) is 0 Å². The first kappa shape index (κ1) is 9.73. The van der Waals surface area contributed by atoms with Crippen LogP contribution in [0.5, 0.6) is 0 Å². The highest BCUT2D eigenvalue weighted by molar-refractivity contribution is 14.1. The van der Waals surface area contributed by atoms with Crippen molar-refractivity contribution in [2.75, 3.05) is 5.73 Å². The third-order valence-electron chi connectivity index (χ3n) is 1.63. The number of anilines is 1. The van der Waals surface area contributed by atoms with E-state index in [2.05, 4.69) is 0 Å². The summed E-state index contributed by atoms with van der Waals surface area (Å²) in [4.78, 5) is 0. The molecule has 0 aliphatic carbocycles. The van der Waals surface area contributed by atoms with Crippen LogP contribution in [0.1, 0.15) is 18.5 Å². The first-order chi connectivity index (χ1) is 5.52. The third kappa shape index (κ3) is 1.87. The van der Waals surface area contributed by atoms with Crippen molar-refractivity contribution >= 4 is 28.3 Å². The normalized spacial score (nSPS) is 13.0. The van der Waals surface area contributed by atoms with Crippen molar-refractivity contribution in [1.29, 1.82) is 0 Å². The molecule has 1 aromatic carbocycles. The summed E-state index contributed by atoms with van der Waals surface area (Å²) in [6, 6.07) is 3.01. The third-order valence-corrected chi connectivity index (χ3v) is 2.52. The summed E-state index contributed by atoms with van der Waals surface area (Å²) in [5.74, 6) is -0.394. The van der Waals surface area contributed by atoms with E-state index in [4.69, 9.17) is 11.5 Å². The Kier molecular flexibility index (Phi) is 2.89. The van der Waals surface area contributed by atoms with Crippen molar-refractivity contribution in [3.8, 4) is 0 Å². The van der Waals surface area contributed by atoms with Crippen LogP contribution in [0.4, 0.5) is 10.1 Å². The summed E-state index contributed by atoms with van der Waals surface area (Å²) in [6.07, 6.45) is 0. The van der Waals surface area contributed by atoms with Gasteiger partial charge in [-0.25, -0.2) is 4.39 Å². The van der Waals surface area contributed by atoms with Gasteiger partial charge in [-0.05, 0) is 47.2 Å². The molecule has 0 saturated carbocycles. The average Bonchev–Trinajstić information content (AvgIpc) is 1.99. The predicted molar refractivity (Wildman–Crippen MR) is 56.1 cm³/mol. The highest BCUT2D eigenvalue weighted by Gasteiger charge is 2.07. The molecule has 0 aliphatic heterocycles. The Morgan fingerprint density at radius 1 is 1.50 bits per heavy atom. The quantitative estimate of drug-likeness (QED) is 0.611. The molecule has 12 heavy (non-hydrogen) atoms. The summed E-state index contributed by atoms with van der Waals surface area (Å²) >= 11 is 1.99. The van der Waals surface area contributed by atoms with Crippen molar-refractivity contribution < 1.29 is 4.39 Å². The van der Waals surface area contributed by atoms with Crippen molar-refractivity contribution in [2.24, 2.45) is 5.73 Å². The molecule has 0 unspecified atom stereocenters. The molecule has 0 aliphatic rings. The molecule has 0 amide bonds. The van der Waals surface area contributed by atoms with Crippen molar-refractivity contribution in [3.05, 3.63) is 27.1 Å². The Bertz CT molecular complexity index is 276. The molecule has 0 spiro atoms. The lowest BCUT2D eigenvalue weighted by Gasteiger charge is -2.08. The molecule has 1 rings (SSSR count). The van der Waals surface area contributed by atoms with Gasteiger partial charge in [0, 0.05) is 9.61 Å². The smallest absolute Gasteiger partial charge is 0.147 e. The van der Waals surface area contributed by atoms with Crippen LogP contribution in [0, 0.1) is 9.39 Å². The maximum Gasteiger partial charge on any atom is 0.147 e. The second-order valence-electron chi connectivity index (χ2n) is 2.69. The fourth-order valence-electron chi connectivity index (χ4n) is 0.867. The van der Waals surface area contributed by atoms with Crippen LogP contribution in [0.3, 0.4) is 0 Å². The summed E-state index contributed by atoms with van der Waals surface area (Å²) in [5.41, 5.74) is 12.0. The second kappa shape index (κ2) is 3.57. The summed E-state index contributed by atoms with van der Waals surface area (Å²) in [5, 5.41) is 0. The fraction of sp³-hybridized carbons (Fsp3) is 0.250. The summed E-state index contributed by atoms with van der Waals surface area (Å²) < 4.78 is 13.7. The van der Waals surface area contributed by atoms with Gasteiger partial charge < -0.3 is 11.5 Å². The van der Waals surface area contributed by atoms with Gasteiger partial charge in [-0.2, -0.15) is 0 Å². The number of benzene rings is 1. The first-order valence-electron chi connectivity index (χ1n) is 3.52. The van der Waals surface area contributed by atoms with Crippen LogP contribution in [-0.4, -0.2) is 0 Å². The van der Waals surface area contributed by atoms with Gasteiger partial charge in [0.05, 0.1) is 5.69 Å². The molecular formula is C8H10FIN2. The number of nitrogen functional groups attached to an aromatic ring is 1. The predicted octanol–water partition coefficient (Wildman–Crippen LogP) is 2.03. The maximum atomic E-state index is 13.0. The molecule has 0 fully saturated rings. The molecule has 2 nitrogen and oxygen atoms in total. The topological polar surface area (TPSA) is 52.0 Å². The van der Waals surface area contributed by atoms with Crippen LogP contribution in [0.2, 0.25) is 0 Å². The van der Waals surface area contributed by atoms with E-state index in [1.165, 1.54) is 6.07 Å². The highest BCUT2D eigenvalue weighted by atomic mass is 127. The van der Waals surface area contributed by atoms with Crippen LogP contribution in [0.15, 0.2) is 12.1 Å². The lowest BCUT2D eigenvalue weighted by molar-refractivity contribution is 0.626. The Morgan fingerprint density at radius 3 is 2.50 bits per heavy atom. The van der Waals surface area contributed by atoms with E-state index >= 15 is 0 Å². The minimum Gasteiger partial charge on any atom is -0.395 e. The van der Waals surface area contributed by atoms with Gasteiger partial charge in [0.25, 0.3) is 0 Å². The van der Waals surface area contributed by atoms with Crippen LogP contribution < -0.4 is 11.5 Å². The molecule has 0 aromatic heterocycles. The lowest BCUT2D eigenvalue weighted by Crippen LogP contribution is -2.07. The molecular weight excluding hydrogens is 270 g/mol. The van der Waals surface area contributed by atoms with Gasteiger partial charge in [0.1, 0.15) is 5.82 Å². The van der Waals surface area contributed by atoms with Gasteiger partial charge in [0.15, 0.2) is 0 Å². The lowest BCUT2D eigenvalue weighted by atomic mass is 10.1. The van der Waals surface area contributed by atoms with Crippen molar-refractivity contribution in [3.63, 3.8) is 0 Å². The molecule has 0 bridgehead atoms. The Labute approximate surface area is 84.3 Å². The van der Waals surface area contributed by atoms with Gasteiger partial charge in [-0.1, -0.05) is 0 Å². The fourth-order valence-corrected chi connectivity index (χ4v) is 1.48. The molecule has 4 N–H and O–H groups in total. The van der Waals surface area contributed by atoms with Gasteiger partial charge in [0.2, 0.25) is 0 Å². The molecule has 0 heterocycles. The van der Waals surface area contributed by atoms with E-state index < -0.39 is 5.82 Å². The molecule has 66 valence electrons. The molecule has 1 atom stereocenters. The zero-order valence-electron chi connectivity index (χ0n) is 6.64. The average molecular weight is 280 g/mol. The minimum atomic E-state index is -0.394. The largest absolute Gasteiger partial charge is 0.395 e. The van der Waals surface area contributed by atoms with E-state index in [-0.39, 0.29) is 11.7 Å². The Hall–Kier alpha value is -0.360. The Morgan fingerprint density at radius 2 is 2.08 bits per heavy atom. The standard InChI is InChI=1S/C8H10FIN2/c1-4(11)5-2-6(9)8(12)7(10)3-5/h2-4H,11-12H2,1H3/t4-/m1/s1.